The van der Waals surface area contributed by atoms with Gasteiger partial charge >= 0.3 is 0 Å². The zero-order valence-corrected chi connectivity index (χ0v) is 15.9. The molecule has 0 atom stereocenters. The molecule has 2 aromatic carbocycles. The van der Waals surface area contributed by atoms with E-state index in [1.54, 1.807) is 32.4 Å². The number of amides is 1. The van der Waals surface area contributed by atoms with Crippen LogP contribution in [0.1, 0.15) is 16.1 Å². The molecule has 3 aromatic rings. The number of rotatable bonds is 6. The molecule has 1 N–H and O–H groups in total. The molecule has 0 aliphatic rings. The van der Waals surface area contributed by atoms with Crippen LogP contribution in [0.5, 0.6) is 11.5 Å². The normalized spacial score (nSPS) is 10.4. The fourth-order valence-electron chi connectivity index (χ4n) is 2.43. The van der Waals surface area contributed by atoms with Crippen molar-refractivity contribution in [2.75, 3.05) is 14.2 Å². The van der Waals surface area contributed by atoms with Crippen LogP contribution in [0, 0.1) is 0 Å². The SMILES string of the molecule is COc1ccc(-c2cc(CNC(=O)c3ccccc3Br)no2)cc1OC. The number of nitrogens with one attached hydrogen (secondary N) is 1. The van der Waals surface area contributed by atoms with Crippen LogP contribution in [0.4, 0.5) is 0 Å². The van der Waals surface area contributed by atoms with Gasteiger partial charge < -0.3 is 19.3 Å². The molecule has 0 bridgehead atoms. The van der Waals surface area contributed by atoms with E-state index in [0.29, 0.717) is 28.5 Å². The van der Waals surface area contributed by atoms with E-state index in [1.165, 1.54) is 0 Å². The third kappa shape index (κ3) is 3.88. The van der Waals surface area contributed by atoms with Crippen molar-refractivity contribution in [1.82, 2.24) is 10.5 Å². The Hall–Kier alpha value is -2.80. The molecule has 0 unspecified atom stereocenters. The van der Waals surface area contributed by atoms with Crippen molar-refractivity contribution >= 4 is 21.8 Å². The van der Waals surface area contributed by atoms with Crippen LogP contribution in [0.25, 0.3) is 11.3 Å². The number of aromatic nitrogens is 1. The summed E-state index contributed by atoms with van der Waals surface area (Å²) in [6.07, 6.45) is 0. The first-order valence-electron chi connectivity index (χ1n) is 7.83. The van der Waals surface area contributed by atoms with Crippen LogP contribution in [-0.2, 0) is 6.54 Å². The maximum Gasteiger partial charge on any atom is 0.252 e. The molecule has 0 aliphatic carbocycles. The van der Waals surface area contributed by atoms with Gasteiger partial charge in [0.25, 0.3) is 5.91 Å². The molecule has 1 aromatic heterocycles. The van der Waals surface area contributed by atoms with Gasteiger partial charge in [-0.2, -0.15) is 0 Å². The maximum atomic E-state index is 12.2. The quantitative estimate of drug-likeness (QED) is 0.655. The zero-order valence-electron chi connectivity index (χ0n) is 14.3. The molecule has 1 amide bonds. The Bertz CT molecular complexity index is 923. The van der Waals surface area contributed by atoms with Crippen LogP contribution in [0.3, 0.4) is 0 Å². The lowest BCUT2D eigenvalue weighted by molar-refractivity contribution is 0.0949. The standard InChI is InChI=1S/C19H17BrN2O4/c1-24-16-8-7-12(9-18(16)25-2)17-10-13(22-26-17)11-21-19(23)14-5-3-4-6-15(14)20/h3-10H,11H2,1-2H3,(H,21,23). The summed E-state index contributed by atoms with van der Waals surface area (Å²) in [4.78, 5) is 12.2. The third-order valence-corrected chi connectivity index (χ3v) is 4.47. The van der Waals surface area contributed by atoms with Crippen LogP contribution >= 0.6 is 15.9 Å². The Morgan fingerprint density at radius 1 is 1.12 bits per heavy atom. The lowest BCUT2D eigenvalue weighted by Crippen LogP contribution is -2.23. The van der Waals surface area contributed by atoms with Gasteiger partial charge in [0.05, 0.1) is 26.3 Å². The first kappa shape index (κ1) is 18.0. The predicted octanol–water partition coefficient (Wildman–Crippen LogP) is 4.05. The first-order valence-corrected chi connectivity index (χ1v) is 8.62. The maximum absolute atomic E-state index is 12.2. The second-order valence-corrected chi connectivity index (χ2v) is 6.27. The summed E-state index contributed by atoms with van der Waals surface area (Å²) in [5, 5.41) is 6.83. The minimum absolute atomic E-state index is 0.187. The smallest absolute Gasteiger partial charge is 0.252 e. The zero-order chi connectivity index (χ0) is 18.5. The second-order valence-electron chi connectivity index (χ2n) is 5.41. The molecule has 0 spiro atoms. The van der Waals surface area contributed by atoms with Crippen LogP contribution < -0.4 is 14.8 Å². The van der Waals surface area contributed by atoms with Crippen LogP contribution in [0.15, 0.2) is 57.5 Å². The van der Waals surface area contributed by atoms with Gasteiger partial charge in [-0.15, -0.1) is 0 Å². The predicted molar refractivity (Wildman–Crippen MR) is 100 cm³/mol. The lowest BCUT2D eigenvalue weighted by Gasteiger charge is -2.07. The number of hydrogen-bond acceptors (Lipinski definition) is 5. The average molecular weight is 417 g/mol. The number of carbonyl (C=O) groups excluding carboxylic acids is 1. The Morgan fingerprint density at radius 2 is 1.88 bits per heavy atom. The van der Waals surface area contributed by atoms with Crippen molar-refractivity contribution in [1.29, 1.82) is 0 Å². The van der Waals surface area contributed by atoms with Crippen molar-refractivity contribution < 1.29 is 18.8 Å². The summed E-state index contributed by atoms with van der Waals surface area (Å²) in [6, 6.07) is 14.5. The highest BCUT2D eigenvalue weighted by Gasteiger charge is 2.13. The summed E-state index contributed by atoms with van der Waals surface area (Å²) >= 11 is 3.37. The highest BCUT2D eigenvalue weighted by molar-refractivity contribution is 9.10. The van der Waals surface area contributed by atoms with Crippen molar-refractivity contribution in [3.63, 3.8) is 0 Å². The minimum atomic E-state index is -0.187. The fourth-order valence-corrected chi connectivity index (χ4v) is 2.90. The van der Waals surface area contributed by atoms with Gasteiger partial charge in [-0.05, 0) is 46.3 Å². The van der Waals surface area contributed by atoms with E-state index in [4.69, 9.17) is 14.0 Å². The molecule has 1 heterocycles. The number of hydrogen-bond donors (Lipinski definition) is 1. The Balaban J connectivity index is 1.70. The molecule has 0 radical (unpaired) electrons. The third-order valence-electron chi connectivity index (χ3n) is 3.78. The molecule has 0 saturated heterocycles. The Labute approximate surface area is 159 Å². The van der Waals surface area contributed by atoms with Crippen LogP contribution in [0.2, 0.25) is 0 Å². The molecule has 26 heavy (non-hydrogen) atoms. The van der Waals surface area contributed by atoms with E-state index in [2.05, 4.69) is 26.4 Å². The number of carbonyl (C=O) groups is 1. The lowest BCUT2D eigenvalue weighted by atomic mass is 10.1. The largest absolute Gasteiger partial charge is 0.493 e. The minimum Gasteiger partial charge on any atom is -0.493 e. The van der Waals surface area contributed by atoms with Crippen molar-refractivity contribution in [2.45, 2.75) is 6.54 Å². The van der Waals surface area contributed by atoms with Crippen molar-refractivity contribution in [3.05, 3.63) is 64.3 Å². The van der Waals surface area contributed by atoms with E-state index < -0.39 is 0 Å². The topological polar surface area (TPSA) is 73.6 Å². The highest BCUT2D eigenvalue weighted by Crippen LogP contribution is 2.32. The Morgan fingerprint density at radius 3 is 2.62 bits per heavy atom. The molecule has 3 rings (SSSR count). The molecule has 0 saturated carbocycles. The van der Waals surface area contributed by atoms with E-state index in [9.17, 15) is 4.79 Å². The number of halogens is 1. The van der Waals surface area contributed by atoms with E-state index in [1.807, 2.05) is 30.3 Å². The molecular formula is C19H17BrN2O4. The van der Waals surface area contributed by atoms with E-state index >= 15 is 0 Å². The van der Waals surface area contributed by atoms with Gasteiger partial charge in [0.2, 0.25) is 0 Å². The number of methoxy groups -OCH3 is 2. The van der Waals surface area contributed by atoms with E-state index in [-0.39, 0.29) is 12.5 Å². The fraction of sp³-hybridized carbons (Fsp3) is 0.158. The first-order chi connectivity index (χ1) is 12.6. The van der Waals surface area contributed by atoms with Crippen molar-refractivity contribution in [2.24, 2.45) is 0 Å². The van der Waals surface area contributed by atoms with Gasteiger partial charge in [-0.3, -0.25) is 4.79 Å². The van der Waals surface area contributed by atoms with E-state index in [0.717, 1.165) is 10.0 Å². The van der Waals surface area contributed by atoms with Gasteiger partial charge in [0.15, 0.2) is 17.3 Å². The highest BCUT2D eigenvalue weighted by atomic mass is 79.9. The monoisotopic (exact) mass is 416 g/mol. The van der Waals surface area contributed by atoms with Gasteiger partial charge in [0, 0.05) is 16.1 Å². The second kappa shape index (κ2) is 8.05. The van der Waals surface area contributed by atoms with Gasteiger partial charge in [-0.25, -0.2) is 0 Å². The summed E-state index contributed by atoms with van der Waals surface area (Å²) in [5.74, 6) is 1.63. The van der Waals surface area contributed by atoms with Gasteiger partial charge in [0.1, 0.15) is 5.69 Å². The Kier molecular flexibility index (Phi) is 5.58. The summed E-state index contributed by atoms with van der Waals surface area (Å²) < 4.78 is 16.6. The average Bonchev–Trinajstić information content (AvgIpc) is 3.15. The summed E-state index contributed by atoms with van der Waals surface area (Å²) in [5.41, 5.74) is 1.99. The van der Waals surface area contributed by atoms with Gasteiger partial charge in [-0.1, -0.05) is 17.3 Å². The summed E-state index contributed by atoms with van der Waals surface area (Å²) in [7, 11) is 3.16. The molecule has 7 heteroatoms. The molecule has 6 nitrogen and oxygen atoms in total. The van der Waals surface area contributed by atoms with Crippen LogP contribution in [-0.4, -0.2) is 25.3 Å². The molecular weight excluding hydrogens is 400 g/mol. The number of ether oxygens (including phenoxy) is 2. The van der Waals surface area contributed by atoms with Crippen molar-refractivity contribution in [3.8, 4) is 22.8 Å². The molecule has 0 aliphatic heterocycles. The summed E-state index contributed by atoms with van der Waals surface area (Å²) in [6.45, 7) is 0.261. The number of nitrogens with zero attached hydrogens (tertiary/aromatic N) is 1. The molecule has 0 fully saturated rings. The number of benzene rings is 2. The molecule has 134 valence electrons.